The van der Waals surface area contributed by atoms with Gasteiger partial charge in [0.15, 0.2) is 0 Å². The van der Waals surface area contributed by atoms with Gasteiger partial charge in [0.25, 0.3) is 0 Å². The fourth-order valence-electron chi connectivity index (χ4n) is 2.23. The zero-order valence-corrected chi connectivity index (χ0v) is 6.36. The standard InChI is InChI=1S/C9H7NO2/c11-8-6-3-1-2-5-4-10(8)9(12)7(5)6/h1-3,6-7H,4H2. The highest BCUT2D eigenvalue weighted by Gasteiger charge is 2.54. The molecule has 2 bridgehead atoms. The lowest BCUT2D eigenvalue weighted by molar-refractivity contribution is -0.137. The first-order valence-electron chi connectivity index (χ1n) is 4.01. The lowest BCUT2D eigenvalue weighted by Gasteiger charge is -2.21. The first-order chi connectivity index (χ1) is 5.79. The Kier molecular flexibility index (Phi) is 0.865. The number of carbonyl (C=O) groups is 2. The number of piperidine rings is 1. The van der Waals surface area contributed by atoms with E-state index in [0.29, 0.717) is 6.54 Å². The number of allylic oxidation sites excluding steroid dienone is 2. The molecule has 0 aromatic carbocycles. The zero-order chi connectivity index (χ0) is 8.29. The van der Waals surface area contributed by atoms with Crippen LogP contribution in [0.3, 0.4) is 0 Å². The molecule has 0 aromatic rings. The number of carbonyl (C=O) groups excluding carboxylic acids is 2. The normalized spacial score (nSPS) is 36.3. The number of amides is 2. The van der Waals surface area contributed by atoms with E-state index >= 15 is 0 Å². The van der Waals surface area contributed by atoms with E-state index in [4.69, 9.17) is 0 Å². The highest BCUT2D eigenvalue weighted by molar-refractivity contribution is 6.10. The van der Waals surface area contributed by atoms with Gasteiger partial charge in [-0.05, 0) is 5.57 Å². The van der Waals surface area contributed by atoms with Gasteiger partial charge in [-0.15, -0.1) is 0 Å². The molecule has 0 radical (unpaired) electrons. The molecule has 2 amide bonds. The van der Waals surface area contributed by atoms with Crippen molar-refractivity contribution < 1.29 is 9.59 Å². The van der Waals surface area contributed by atoms with Gasteiger partial charge in [0.05, 0.1) is 18.4 Å². The van der Waals surface area contributed by atoms with E-state index in [2.05, 4.69) is 0 Å². The molecule has 1 aliphatic carbocycles. The molecule has 2 unspecified atom stereocenters. The Hall–Kier alpha value is -1.38. The first-order valence-corrected chi connectivity index (χ1v) is 4.01. The van der Waals surface area contributed by atoms with E-state index in [1.165, 1.54) is 4.90 Å². The third kappa shape index (κ3) is 0.470. The van der Waals surface area contributed by atoms with E-state index in [9.17, 15) is 9.59 Å². The third-order valence-electron chi connectivity index (χ3n) is 2.81. The summed E-state index contributed by atoms with van der Waals surface area (Å²) >= 11 is 0. The van der Waals surface area contributed by atoms with Crippen LogP contribution in [0, 0.1) is 11.8 Å². The molecule has 60 valence electrons. The molecule has 3 aliphatic rings. The van der Waals surface area contributed by atoms with Crippen LogP contribution in [-0.4, -0.2) is 23.3 Å². The van der Waals surface area contributed by atoms with Crippen LogP contribution in [0.2, 0.25) is 0 Å². The van der Waals surface area contributed by atoms with Crippen molar-refractivity contribution in [2.75, 3.05) is 6.54 Å². The molecular formula is C9H7NO2. The Balaban J connectivity index is 2.22. The van der Waals surface area contributed by atoms with Crippen molar-refractivity contribution in [1.82, 2.24) is 4.90 Å². The Morgan fingerprint density at radius 3 is 2.83 bits per heavy atom. The maximum Gasteiger partial charge on any atom is 0.237 e. The second kappa shape index (κ2) is 1.68. The number of hydrogen-bond donors (Lipinski definition) is 0. The SMILES string of the molecule is O=C1C2C=CC=C3CN1C(=O)C32. The summed E-state index contributed by atoms with van der Waals surface area (Å²) in [6, 6.07) is 0. The summed E-state index contributed by atoms with van der Waals surface area (Å²) in [7, 11) is 0. The van der Waals surface area contributed by atoms with Gasteiger partial charge < -0.3 is 0 Å². The number of fused-ring (bicyclic) bond motifs is 1. The Morgan fingerprint density at radius 1 is 1.33 bits per heavy atom. The fraction of sp³-hybridized carbons (Fsp3) is 0.333. The minimum Gasteiger partial charge on any atom is -0.277 e. The lowest BCUT2D eigenvalue weighted by Crippen LogP contribution is -2.32. The molecule has 2 atom stereocenters. The molecule has 2 heterocycles. The summed E-state index contributed by atoms with van der Waals surface area (Å²) in [6.45, 7) is 0.531. The van der Waals surface area contributed by atoms with E-state index in [-0.39, 0.29) is 23.7 Å². The summed E-state index contributed by atoms with van der Waals surface area (Å²) in [4.78, 5) is 24.2. The summed E-state index contributed by atoms with van der Waals surface area (Å²) < 4.78 is 0. The van der Waals surface area contributed by atoms with Gasteiger partial charge in [0.1, 0.15) is 0 Å². The molecule has 2 aliphatic heterocycles. The van der Waals surface area contributed by atoms with Gasteiger partial charge >= 0.3 is 0 Å². The molecule has 2 saturated heterocycles. The van der Waals surface area contributed by atoms with Crippen LogP contribution < -0.4 is 0 Å². The van der Waals surface area contributed by atoms with Gasteiger partial charge in [0.2, 0.25) is 11.8 Å². The van der Waals surface area contributed by atoms with Crippen LogP contribution in [0.25, 0.3) is 0 Å². The van der Waals surface area contributed by atoms with Crippen molar-refractivity contribution in [3.05, 3.63) is 23.8 Å². The second-order valence-corrected chi connectivity index (χ2v) is 3.39. The van der Waals surface area contributed by atoms with Crippen molar-refractivity contribution in [3.63, 3.8) is 0 Å². The van der Waals surface area contributed by atoms with Crippen molar-refractivity contribution in [2.24, 2.45) is 11.8 Å². The van der Waals surface area contributed by atoms with Gasteiger partial charge in [-0.25, -0.2) is 0 Å². The quantitative estimate of drug-likeness (QED) is 0.472. The zero-order valence-electron chi connectivity index (χ0n) is 6.36. The average Bonchev–Trinajstić information content (AvgIpc) is 2.51. The number of hydrogen-bond acceptors (Lipinski definition) is 2. The van der Waals surface area contributed by atoms with Crippen LogP contribution in [0.5, 0.6) is 0 Å². The van der Waals surface area contributed by atoms with Crippen molar-refractivity contribution >= 4 is 11.8 Å². The number of nitrogens with zero attached hydrogens (tertiary/aromatic N) is 1. The van der Waals surface area contributed by atoms with E-state index < -0.39 is 0 Å². The van der Waals surface area contributed by atoms with Gasteiger partial charge in [-0.1, -0.05) is 18.2 Å². The molecule has 3 nitrogen and oxygen atoms in total. The second-order valence-electron chi connectivity index (χ2n) is 3.39. The van der Waals surface area contributed by atoms with Crippen LogP contribution in [0.15, 0.2) is 23.8 Å². The summed E-state index contributed by atoms with van der Waals surface area (Å²) in [6.07, 6.45) is 5.66. The van der Waals surface area contributed by atoms with Gasteiger partial charge in [0, 0.05) is 0 Å². The molecule has 0 N–H and O–H groups in total. The largest absolute Gasteiger partial charge is 0.277 e. The number of imide groups is 1. The molecule has 0 spiro atoms. The topological polar surface area (TPSA) is 37.4 Å². The summed E-state index contributed by atoms with van der Waals surface area (Å²) in [5.41, 5.74) is 1.10. The van der Waals surface area contributed by atoms with Crippen LogP contribution in [0.1, 0.15) is 0 Å². The fourth-order valence-corrected chi connectivity index (χ4v) is 2.23. The van der Waals surface area contributed by atoms with E-state index in [1.54, 1.807) is 0 Å². The van der Waals surface area contributed by atoms with Crippen LogP contribution >= 0.6 is 0 Å². The molecule has 12 heavy (non-hydrogen) atoms. The van der Waals surface area contributed by atoms with Gasteiger partial charge in [-0.2, -0.15) is 0 Å². The lowest BCUT2D eigenvalue weighted by atomic mass is 9.84. The molecule has 0 saturated carbocycles. The maximum atomic E-state index is 11.4. The Bertz CT molecular complexity index is 346. The van der Waals surface area contributed by atoms with Gasteiger partial charge in [-0.3, -0.25) is 14.5 Å². The van der Waals surface area contributed by atoms with Crippen molar-refractivity contribution in [3.8, 4) is 0 Å². The van der Waals surface area contributed by atoms with Crippen molar-refractivity contribution in [1.29, 1.82) is 0 Å². The maximum absolute atomic E-state index is 11.4. The van der Waals surface area contributed by atoms with Crippen LogP contribution in [0.4, 0.5) is 0 Å². The molecule has 3 rings (SSSR count). The average molecular weight is 161 g/mol. The molecule has 0 aromatic heterocycles. The predicted octanol–water partition coefficient (Wildman–Crippen LogP) is 0.0974. The molecular weight excluding hydrogens is 154 g/mol. The van der Waals surface area contributed by atoms with E-state index in [0.717, 1.165) is 5.57 Å². The monoisotopic (exact) mass is 161 g/mol. The highest BCUT2D eigenvalue weighted by Crippen LogP contribution is 2.41. The minimum absolute atomic E-state index is 0.000556. The van der Waals surface area contributed by atoms with Crippen LogP contribution in [-0.2, 0) is 9.59 Å². The first kappa shape index (κ1) is 6.17. The Labute approximate surface area is 69.3 Å². The predicted molar refractivity (Wildman–Crippen MR) is 40.9 cm³/mol. The third-order valence-corrected chi connectivity index (χ3v) is 2.81. The van der Waals surface area contributed by atoms with Crippen molar-refractivity contribution in [2.45, 2.75) is 0 Å². The Morgan fingerprint density at radius 2 is 2.17 bits per heavy atom. The number of rotatable bonds is 0. The minimum atomic E-state index is -0.175. The highest BCUT2D eigenvalue weighted by atomic mass is 16.2. The van der Waals surface area contributed by atoms with E-state index in [1.807, 2.05) is 18.2 Å². The smallest absolute Gasteiger partial charge is 0.237 e. The molecule has 3 heteroatoms. The summed E-state index contributed by atoms with van der Waals surface area (Å²) in [5.74, 6) is -0.326. The summed E-state index contributed by atoms with van der Waals surface area (Å²) in [5, 5.41) is 0. The molecule has 2 fully saturated rings.